The van der Waals surface area contributed by atoms with Gasteiger partial charge in [0.15, 0.2) is 5.60 Å². The molecule has 2 bridgehead atoms. The molecule has 1 atom stereocenters. The fraction of sp³-hybridized carbons (Fsp3) is 0.268. The summed E-state index contributed by atoms with van der Waals surface area (Å²) in [5.41, 5.74) is 9.82. The average molecular weight is 576 g/mol. The molecular weight excluding hydrogens is 538 g/mol. The van der Waals surface area contributed by atoms with E-state index in [4.69, 9.17) is 9.47 Å². The first-order valence-corrected chi connectivity index (χ1v) is 16.1. The summed E-state index contributed by atoms with van der Waals surface area (Å²) in [5.74, 6) is 3.16. The Balaban J connectivity index is 1.37. The maximum atomic E-state index is 7.57. The fourth-order valence-electron chi connectivity index (χ4n) is 9.51. The summed E-state index contributed by atoms with van der Waals surface area (Å²) in [4.78, 5) is 2.14. The van der Waals surface area contributed by atoms with Gasteiger partial charge >= 0.3 is 0 Å². The van der Waals surface area contributed by atoms with Crippen LogP contribution in [0.3, 0.4) is 0 Å². The topological polar surface area (TPSA) is 21.7 Å². The third-order valence-electron chi connectivity index (χ3n) is 11.3. The second-order valence-corrected chi connectivity index (χ2v) is 13.3. The number of fused-ring (bicyclic) bond motifs is 8. The van der Waals surface area contributed by atoms with E-state index in [0.717, 1.165) is 28.0 Å². The van der Waals surface area contributed by atoms with Crippen LogP contribution in [0.1, 0.15) is 53.5 Å². The van der Waals surface area contributed by atoms with E-state index in [1.54, 1.807) is 7.11 Å². The molecule has 3 heteroatoms. The van der Waals surface area contributed by atoms with Gasteiger partial charge in [0, 0.05) is 47.3 Å². The molecule has 1 unspecified atom stereocenters. The molecule has 3 nitrogen and oxygen atoms in total. The van der Waals surface area contributed by atoms with Gasteiger partial charge in [-0.2, -0.15) is 0 Å². The van der Waals surface area contributed by atoms with Crippen LogP contribution in [0, 0.1) is 11.8 Å². The number of rotatable bonds is 4. The molecule has 1 spiro atoms. The van der Waals surface area contributed by atoms with E-state index in [0.29, 0.717) is 11.8 Å². The fourth-order valence-corrected chi connectivity index (χ4v) is 9.51. The Bertz CT molecular complexity index is 1950. The van der Waals surface area contributed by atoms with Crippen LogP contribution in [0.15, 0.2) is 103 Å². The van der Waals surface area contributed by atoms with Crippen molar-refractivity contribution in [2.75, 3.05) is 26.1 Å². The first-order chi connectivity index (χ1) is 21.6. The van der Waals surface area contributed by atoms with Crippen LogP contribution in [-0.2, 0) is 11.0 Å². The van der Waals surface area contributed by atoms with E-state index >= 15 is 0 Å². The van der Waals surface area contributed by atoms with Crippen molar-refractivity contribution in [2.24, 2.45) is 11.8 Å². The molecule has 2 saturated carbocycles. The third-order valence-corrected chi connectivity index (χ3v) is 11.3. The third kappa shape index (κ3) is 3.22. The van der Waals surface area contributed by atoms with Crippen LogP contribution in [-0.4, -0.2) is 21.2 Å². The summed E-state index contributed by atoms with van der Waals surface area (Å²) in [6.07, 6.45) is 9.98. The first kappa shape index (κ1) is 25.9. The Morgan fingerprint density at radius 2 is 1.43 bits per heavy atom. The van der Waals surface area contributed by atoms with Gasteiger partial charge in [0.1, 0.15) is 11.5 Å². The van der Waals surface area contributed by atoms with Crippen molar-refractivity contribution in [2.45, 2.75) is 36.7 Å². The molecular formula is C41H37NO2. The van der Waals surface area contributed by atoms with Crippen LogP contribution in [0.5, 0.6) is 11.5 Å². The van der Waals surface area contributed by atoms with Crippen molar-refractivity contribution >= 4 is 22.5 Å². The number of nitrogens with zero attached hydrogens (tertiary/aromatic N) is 1. The zero-order valence-corrected chi connectivity index (χ0v) is 25.6. The van der Waals surface area contributed by atoms with Crippen LogP contribution in [0.4, 0.5) is 5.69 Å². The van der Waals surface area contributed by atoms with E-state index in [-0.39, 0.29) is 5.41 Å². The van der Waals surface area contributed by atoms with Gasteiger partial charge in [-0.05, 0) is 102 Å². The lowest BCUT2D eigenvalue weighted by atomic mass is 9.67. The summed E-state index contributed by atoms with van der Waals surface area (Å²) >= 11 is 0. The van der Waals surface area contributed by atoms with Gasteiger partial charge in [0.2, 0.25) is 0 Å². The van der Waals surface area contributed by atoms with E-state index < -0.39 is 5.60 Å². The average Bonchev–Trinajstić information content (AvgIpc) is 3.74. The second-order valence-electron chi connectivity index (χ2n) is 13.3. The normalized spacial score (nSPS) is 25.5. The Labute approximate surface area is 259 Å². The molecule has 0 N–H and O–H groups in total. The smallest absolute Gasteiger partial charge is 0.178 e. The molecule has 0 aromatic heterocycles. The lowest BCUT2D eigenvalue weighted by molar-refractivity contribution is 0.163. The molecule has 4 aliphatic rings. The molecule has 218 valence electrons. The van der Waals surface area contributed by atoms with Crippen LogP contribution in [0.25, 0.3) is 28.0 Å². The van der Waals surface area contributed by atoms with Gasteiger partial charge in [-0.15, -0.1) is 0 Å². The molecule has 2 fully saturated rings. The minimum atomic E-state index is -0.767. The number of ether oxygens (including phenoxy) is 2. The number of methoxy groups -OCH3 is 1. The van der Waals surface area contributed by atoms with Gasteiger partial charge in [0.25, 0.3) is 0 Å². The maximum absolute atomic E-state index is 7.57. The highest BCUT2D eigenvalue weighted by molar-refractivity contribution is 6.09. The molecule has 3 aliphatic carbocycles. The highest BCUT2D eigenvalue weighted by Crippen LogP contribution is 2.70. The summed E-state index contributed by atoms with van der Waals surface area (Å²) in [6, 6.07) is 35.4. The monoisotopic (exact) mass is 575 g/mol. The standard InChI is InChI=1S/C41H37NO2/c1-42(2)30-19-17-27(18-20-30)40(26-9-5-4-6-10-26)24-23-34-38-37(32-22-21-31(43-3)25-35(32)39(34)44-40)33-11-7-8-12-36(33)41(38)28-13-14-29(41)16-15-28/h4-12,17-25,28-29H,13-16H2,1-3H3. The zero-order chi connectivity index (χ0) is 29.6. The summed E-state index contributed by atoms with van der Waals surface area (Å²) in [5, 5.41) is 2.38. The van der Waals surface area contributed by atoms with Crippen molar-refractivity contribution in [1.82, 2.24) is 0 Å². The minimum Gasteiger partial charge on any atom is -0.497 e. The number of hydrogen-bond donors (Lipinski definition) is 0. The quantitative estimate of drug-likeness (QED) is 0.213. The Hall–Kier alpha value is -4.50. The molecule has 0 radical (unpaired) electrons. The first-order valence-electron chi connectivity index (χ1n) is 16.1. The molecule has 9 rings (SSSR count). The summed E-state index contributed by atoms with van der Waals surface area (Å²) in [6.45, 7) is 0. The second kappa shape index (κ2) is 9.25. The largest absolute Gasteiger partial charge is 0.497 e. The molecule has 1 heterocycles. The van der Waals surface area contributed by atoms with E-state index in [1.807, 2.05) is 0 Å². The number of anilines is 1. The van der Waals surface area contributed by atoms with Crippen LogP contribution in [0.2, 0.25) is 0 Å². The Morgan fingerprint density at radius 1 is 0.750 bits per heavy atom. The summed E-state index contributed by atoms with van der Waals surface area (Å²) in [7, 11) is 5.92. The predicted molar refractivity (Wildman–Crippen MR) is 180 cm³/mol. The molecule has 44 heavy (non-hydrogen) atoms. The van der Waals surface area contributed by atoms with E-state index in [9.17, 15) is 0 Å². The molecule has 1 aliphatic heterocycles. The van der Waals surface area contributed by atoms with Gasteiger partial charge in [-0.1, -0.05) is 72.8 Å². The van der Waals surface area contributed by atoms with Gasteiger partial charge in [0.05, 0.1) is 7.11 Å². The predicted octanol–water partition coefficient (Wildman–Crippen LogP) is 9.35. The maximum Gasteiger partial charge on any atom is 0.178 e. The van der Waals surface area contributed by atoms with Crippen molar-refractivity contribution in [3.8, 4) is 22.6 Å². The molecule has 5 aromatic carbocycles. The van der Waals surface area contributed by atoms with Crippen molar-refractivity contribution in [1.29, 1.82) is 0 Å². The number of benzene rings is 5. The van der Waals surface area contributed by atoms with E-state index in [1.165, 1.54) is 64.6 Å². The minimum absolute atomic E-state index is 0.0535. The van der Waals surface area contributed by atoms with Gasteiger partial charge in [-0.3, -0.25) is 0 Å². The number of hydrogen-bond acceptors (Lipinski definition) is 3. The van der Waals surface area contributed by atoms with Crippen molar-refractivity contribution in [3.63, 3.8) is 0 Å². The van der Waals surface area contributed by atoms with Crippen LogP contribution < -0.4 is 14.4 Å². The van der Waals surface area contributed by atoms with Gasteiger partial charge in [-0.25, -0.2) is 0 Å². The van der Waals surface area contributed by atoms with E-state index in [2.05, 4.69) is 128 Å². The van der Waals surface area contributed by atoms with Crippen LogP contribution >= 0.6 is 0 Å². The van der Waals surface area contributed by atoms with Gasteiger partial charge < -0.3 is 14.4 Å². The molecule has 5 aromatic rings. The Morgan fingerprint density at radius 3 is 2.14 bits per heavy atom. The summed E-state index contributed by atoms with van der Waals surface area (Å²) < 4.78 is 13.4. The molecule has 0 amide bonds. The molecule has 0 saturated heterocycles. The highest BCUT2D eigenvalue weighted by Gasteiger charge is 2.61. The highest BCUT2D eigenvalue weighted by atomic mass is 16.5. The lowest BCUT2D eigenvalue weighted by Gasteiger charge is -2.40. The lowest BCUT2D eigenvalue weighted by Crippen LogP contribution is -2.36. The van der Waals surface area contributed by atoms with Crippen molar-refractivity contribution in [3.05, 3.63) is 131 Å². The zero-order valence-electron chi connectivity index (χ0n) is 25.6. The SMILES string of the molecule is COc1ccc2c3c(c4c(c2c1)OC(c1ccccc1)(c1ccc(N(C)C)cc1)C=C4)C1(c2ccccc2-3)C2CCC1CC2. The Kier molecular flexibility index (Phi) is 5.46. The van der Waals surface area contributed by atoms with Crippen molar-refractivity contribution < 1.29 is 9.47 Å².